The number of hydrogen-bond donors (Lipinski definition) is 0. The van der Waals surface area contributed by atoms with Gasteiger partial charge in [0.25, 0.3) is 0 Å². The Morgan fingerprint density at radius 3 is 2.62 bits per heavy atom. The van der Waals surface area contributed by atoms with Gasteiger partial charge in [0.1, 0.15) is 5.69 Å². The second-order valence-corrected chi connectivity index (χ2v) is 5.04. The zero-order chi connectivity index (χ0) is 14.7. The van der Waals surface area contributed by atoms with Crippen LogP contribution in [0.1, 0.15) is 17.2 Å². The highest BCUT2D eigenvalue weighted by Gasteiger charge is 2.13. The van der Waals surface area contributed by atoms with Crippen molar-refractivity contribution in [1.82, 2.24) is 15.0 Å². The number of aromatic nitrogens is 3. The van der Waals surface area contributed by atoms with Gasteiger partial charge < -0.3 is 0 Å². The average molecular weight is 275 g/mol. The summed E-state index contributed by atoms with van der Waals surface area (Å²) in [6, 6.07) is 18.4. The fourth-order valence-electron chi connectivity index (χ4n) is 2.40. The van der Waals surface area contributed by atoms with Gasteiger partial charge in [0, 0.05) is 5.56 Å². The van der Waals surface area contributed by atoms with Crippen molar-refractivity contribution in [2.45, 2.75) is 13.0 Å². The molecule has 0 saturated heterocycles. The number of nitrogens with zero attached hydrogens (tertiary/aromatic N) is 3. The Labute approximate surface area is 124 Å². The first-order valence-electron chi connectivity index (χ1n) is 6.94. The monoisotopic (exact) mass is 275 g/mol. The van der Waals surface area contributed by atoms with E-state index in [9.17, 15) is 0 Å². The maximum absolute atomic E-state index is 4.27. The summed E-state index contributed by atoms with van der Waals surface area (Å²) in [4.78, 5) is 0. The molecule has 0 fully saturated rings. The first-order valence-corrected chi connectivity index (χ1v) is 6.94. The lowest BCUT2D eigenvalue weighted by Gasteiger charge is -2.13. The minimum atomic E-state index is -0.00476. The second-order valence-electron chi connectivity index (χ2n) is 5.04. The van der Waals surface area contributed by atoms with Gasteiger partial charge in [-0.2, -0.15) is 0 Å². The SMILES string of the molecule is C=C[C@H](c1cccc(C)c1)n1cc(-c2ccccc2)nn1. The number of aryl methyl sites for hydroxylation is 1. The van der Waals surface area contributed by atoms with Crippen LogP contribution in [0.15, 0.2) is 73.4 Å². The molecule has 104 valence electrons. The lowest BCUT2D eigenvalue weighted by molar-refractivity contribution is 0.585. The van der Waals surface area contributed by atoms with Crippen molar-refractivity contribution in [1.29, 1.82) is 0 Å². The van der Waals surface area contributed by atoms with Crippen molar-refractivity contribution in [3.8, 4) is 11.3 Å². The van der Waals surface area contributed by atoms with Crippen molar-refractivity contribution in [3.63, 3.8) is 0 Å². The van der Waals surface area contributed by atoms with Crippen LogP contribution in [0.25, 0.3) is 11.3 Å². The van der Waals surface area contributed by atoms with Gasteiger partial charge in [0.05, 0.1) is 12.2 Å². The van der Waals surface area contributed by atoms with Crippen LogP contribution < -0.4 is 0 Å². The third-order valence-corrected chi connectivity index (χ3v) is 3.47. The normalized spacial score (nSPS) is 12.0. The Hall–Kier alpha value is -2.68. The lowest BCUT2D eigenvalue weighted by atomic mass is 10.0. The third-order valence-electron chi connectivity index (χ3n) is 3.47. The molecule has 0 saturated carbocycles. The highest BCUT2D eigenvalue weighted by molar-refractivity contribution is 5.57. The van der Waals surface area contributed by atoms with Crippen molar-refractivity contribution in [2.24, 2.45) is 0 Å². The molecule has 1 aromatic heterocycles. The molecule has 3 heteroatoms. The van der Waals surface area contributed by atoms with Gasteiger partial charge in [-0.05, 0) is 12.5 Å². The smallest absolute Gasteiger partial charge is 0.113 e. The fraction of sp³-hybridized carbons (Fsp3) is 0.111. The first-order chi connectivity index (χ1) is 10.3. The molecule has 0 spiro atoms. The quantitative estimate of drug-likeness (QED) is 0.673. The van der Waals surface area contributed by atoms with Gasteiger partial charge in [-0.25, -0.2) is 4.68 Å². The summed E-state index contributed by atoms with van der Waals surface area (Å²) in [5, 5.41) is 8.53. The molecule has 0 aliphatic carbocycles. The Morgan fingerprint density at radius 2 is 1.90 bits per heavy atom. The van der Waals surface area contributed by atoms with Gasteiger partial charge in [-0.1, -0.05) is 71.5 Å². The highest BCUT2D eigenvalue weighted by Crippen LogP contribution is 2.22. The van der Waals surface area contributed by atoms with Gasteiger partial charge >= 0.3 is 0 Å². The van der Waals surface area contributed by atoms with E-state index in [-0.39, 0.29) is 6.04 Å². The molecule has 1 heterocycles. The Bertz CT molecular complexity index is 744. The van der Waals surface area contributed by atoms with Crippen LogP contribution in [0.2, 0.25) is 0 Å². The summed E-state index contributed by atoms with van der Waals surface area (Å²) in [6.07, 6.45) is 3.85. The summed E-state index contributed by atoms with van der Waals surface area (Å²) in [7, 11) is 0. The molecular weight excluding hydrogens is 258 g/mol. The van der Waals surface area contributed by atoms with E-state index >= 15 is 0 Å². The number of benzene rings is 2. The van der Waals surface area contributed by atoms with Crippen LogP contribution in [0.5, 0.6) is 0 Å². The molecule has 1 atom stereocenters. The standard InChI is InChI=1S/C18H17N3/c1-3-18(16-11-7-8-14(2)12-16)21-13-17(19-20-21)15-9-5-4-6-10-15/h3-13,18H,1H2,2H3/t18-/m1/s1. The minimum absolute atomic E-state index is 0.00476. The maximum Gasteiger partial charge on any atom is 0.113 e. The molecule has 3 aromatic rings. The molecule has 0 N–H and O–H groups in total. The Kier molecular flexibility index (Phi) is 3.65. The van der Waals surface area contributed by atoms with Gasteiger partial charge in [0.15, 0.2) is 0 Å². The average Bonchev–Trinajstić information content (AvgIpc) is 2.99. The van der Waals surface area contributed by atoms with E-state index in [2.05, 4.69) is 48.1 Å². The Balaban J connectivity index is 1.96. The Morgan fingerprint density at radius 1 is 1.10 bits per heavy atom. The summed E-state index contributed by atoms with van der Waals surface area (Å²) in [6.45, 7) is 6.02. The molecule has 0 amide bonds. The summed E-state index contributed by atoms with van der Waals surface area (Å²) < 4.78 is 1.85. The van der Waals surface area contributed by atoms with Crippen LogP contribution in [0, 0.1) is 6.92 Å². The van der Waals surface area contributed by atoms with Crippen LogP contribution >= 0.6 is 0 Å². The van der Waals surface area contributed by atoms with Crippen LogP contribution in [0.3, 0.4) is 0 Å². The second kappa shape index (κ2) is 5.75. The predicted octanol–water partition coefficient (Wildman–Crippen LogP) is 4.03. The topological polar surface area (TPSA) is 30.7 Å². The summed E-state index contributed by atoms with van der Waals surface area (Å²) >= 11 is 0. The molecule has 2 aromatic carbocycles. The fourth-order valence-corrected chi connectivity index (χ4v) is 2.40. The number of rotatable bonds is 4. The van der Waals surface area contributed by atoms with Crippen molar-refractivity contribution >= 4 is 0 Å². The minimum Gasteiger partial charge on any atom is -0.241 e. The van der Waals surface area contributed by atoms with E-state index in [1.165, 1.54) is 5.56 Å². The third kappa shape index (κ3) is 2.77. The van der Waals surface area contributed by atoms with E-state index in [0.29, 0.717) is 0 Å². The highest BCUT2D eigenvalue weighted by atomic mass is 15.4. The molecule has 0 aliphatic heterocycles. The first kappa shape index (κ1) is 13.3. The number of hydrogen-bond acceptors (Lipinski definition) is 2. The predicted molar refractivity (Wildman–Crippen MR) is 85.0 cm³/mol. The van der Waals surface area contributed by atoms with Gasteiger partial charge in [0.2, 0.25) is 0 Å². The molecule has 0 aliphatic rings. The summed E-state index contributed by atoms with van der Waals surface area (Å²) in [5.74, 6) is 0. The van der Waals surface area contributed by atoms with Crippen molar-refractivity contribution in [3.05, 3.63) is 84.6 Å². The van der Waals surface area contributed by atoms with Crippen molar-refractivity contribution in [2.75, 3.05) is 0 Å². The van der Waals surface area contributed by atoms with Crippen LogP contribution in [-0.2, 0) is 0 Å². The molecule has 3 nitrogen and oxygen atoms in total. The van der Waals surface area contributed by atoms with Crippen LogP contribution in [-0.4, -0.2) is 15.0 Å². The maximum atomic E-state index is 4.27. The zero-order valence-electron chi connectivity index (χ0n) is 12.0. The van der Waals surface area contributed by atoms with Gasteiger partial charge in [-0.3, -0.25) is 0 Å². The molecular formula is C18H17N3. The summed E-state index contributed by atoms with van der Waals surface area (Å²) in [5.41, 5.74) is 4.32. The van der Waals surface area contributed by atoms with E-state index in [4.69, 9.17) is 0 Å². The lowest BCUT2D eigenvalue weighted by Crippen LogP contribution is -2.08. The zero-order valence-corrected chi connectivity index (χ0v) is 12.0. The van der Waals surface area contributed by atoms with E-state index in [1.54, 1.807) is 0 Å². The number of allylic oxidation sites excluding steroid dienone is 1. The van der Waals surface area contributed by atoms with E-state index in [1.807, 2.05) is 47.3 Å². The molecule has 21 heavy (non-hydrogen) atoms. The molecule has 3 rings (SSSR count). The molecule has 0 bridgehead atoms. The largest absolute Gasteiger partial charge is 0.241 e. The molecule has 0 unspecified atom stereocenters. The van der Waals surface area contributed by atoms with Crippen LogP contribution in [0.4, 0.5) is 0 Å². The van der Waals surface area contributed by atoms with Gasteiger partial charge in [-0.15, -0.1) is 11.7 Å². The van der Waals surface area contributed by atoms with E-state index < -0.39 is 0 Å². The van der Waals surface area contributed by atoms with E-state index in [0.717, 1.165) is 16.8 Å². The molecule has 0 radical (unpaired) electrons. The van der Waals surface area contributed by atoms with Crippen molar-refractivity contribution < 1.29 is 0 Å².